The second-order valence-corrected chi connectivity index (χ2v) is 7.63. The monoisotopic (exact) mass is 430 g/mol. The number of rotatable bonds is 4. The number of nitrogens with one attached hydrogen (secondary N) is 1. The number of carbonyl (C=O) groups excluding carboxylic acids is 1. The minimum absolute atomic E-state index is 0.0901. The number of hydrogen-bond donors (Lipinski definition) is 1. The van der Waals surface area contributed by atoms with E-state index in [1.54, 1.807) is 0 Å². The van der Waals surface area contributed by atoms with Crippen molar-refractivity contribution < 1.29 is 27.2 Å². The van der Waals surface area contributed by atoms with Crippen molar-refractivity contribution in [1.82, 2.24) is 10.5 Å². The number of halogens is 3. The molecule has 4 rings (SSSR count). The summed E-state index contributed by atoms with van der Waals surface area (Å²) in [6, 6.07) is 11.0. The van der Waals surface area contributed by atoms with E-state index in [9.17, 15) is 18.0 Å². The molecule has 1 aliphatic carbocycles. The smallest absolute Gasteiger partial charge is 0.406 e. The Morgan fingerprint density at radius 1 is 1.16 bits per heavy atom. The van der Waals surface area contributed by atoms with Crippen molar-refractivity contribution in [1.29, 1.82) is 0 Å². The van der Waals surface area contributed by atoms with Crippen LogP contribution in [0.5, 0.6) is 5.75 Å². The Morgan fingerprint density at radius 3 is 2.55 bits per heavy atom. The number of fused-ring (bicyclic) bond motifs is 1. The van der Waals surface area contributed by atoms with Crippen LogP contribution < -0.4 is 10.1 Å². The summed E-state index contributed by atoms with van der Waals surface area (Å²) in [6.45, 7) is 3.78. The number of aromatic nitrogens is 1. The van der Waals surface area contributed by atoms with E-state index in [1.807, 2.05) is 26.0 Å². The first-order valence-electron chi connectivity index (χ1n) is 9.92. The van der Waals surface area contributed by atoms with Crippen LogP contribution in [-0.2, 0) is 12.8 Å². The number of ether oxygens (including phenoxy) is 1. The molecule has 0 aliphatic heterocycles. The van der Waals surface area contributed by atoms with Gasteiger partial charge in [0.1, 0.15) is 11.5 Å². The zero-order chi connectivity index (χ0) is 22.2. The molecule has 1 aromatic heterocycles. The standard InChI is InChI=1S/C23H21F3N2O3/c1-13-21(14(2)31-28-13)19-5-3-4-15-6-9-17(12-20(15)19)27-22(29)16-7-10-18(11-8-16)30-23(24,25)26/h3-5,7-8,10-11,17H,6,9,12H2,1-2H3,(H,27,29)/t17-/m1/s1. The fraction of sp³-hybridized carbons (Fsp3) is 0.304. The molecule has 3 aromatic rings. The van der Waals surface area contributed by atoms with E-state index in [2.05, 4.69) is 21.3 Å². The van der Waals surface area contributed by atoms with Crippen molar-refractivity contribution in [3.05, 3.63) is 70.6 Å². The molecule has 0 fully saturated rings. The Hall–Kier alpha value is -3.29. The Bertz CT molecular complexity index is 1080. The minimum atomic E-state index is -4.77. The van der Waals surface area contributed by atoms with E-state index >= 15 is 0 Å². The Kier molecular flexibility index (Phi) is 5.47. The van der Waals surface area contributed by atoms with Crippen LogP contribution in [0.2, 0.25) is 0 Å². The quantitative estimate of drug-likeness (QED) is 0.622. The van der Waals surface area contributed by atoms with Gasteiger partial charge in [0.05, 0.1) is 5.69 Å². The third-order valence-electron chi connectivity index (χ3n) is 5.47. The highest BCUT2D eigenvalue weighted by molar-refractivity contribution is 5.94. The topological polar surface area (TPSA) is 64.4 Å². The molecule has 1 N–H and O–H groups in total. The van der Waals surface area contributed by atoms with Crippen molar-refractivity contribution in [2.75, 3.05) is 0 Å². The van der Waals surface area contributed by atoms with Gasteiger partial charge in [-0.2, -0.15) is 0 Å². The van der Waals surface area contributed by atoms with Gasteiger partial charge in [0.15, 0.2) is 0 Å². The molecule has 0 unspecified atom stereocenters. The maximum absolute atomic E-state index is 12.6. The minimum Gasteiger partial charge on any atom is -0.406 e. The molecule has 1 amide bonds. The second-order valence-electron chi connectivity index (χ2n) is 7.63. The average Bonchev–Trinajstić information content (AvgIpc) is 3.05. The summed E-state index contributed by atoms with van der Waals surface area (Å²) in [5.41, 5.74) is 5.52. The van der Waals surface area contributed by atoms with Crippen LogP contribution in [0.25, 0.3) is 11.1 Å². The van der Waals surface area contributed by atoms with E-state index in [4.69, 9.17) is 4.52 Å². The predicted octanol–water partition coefficient (Wildman–Crippen LogP) is 5.14. The number of benzene rings is 2. The molecular formula is C23H21F3N2O3. The number of carbonyl (C=O) groups is 1. The van der Waals surface area contributed by atoms with Crippen LogP contribution in [0.1, 0.15) is 39.4 Å². The molecule has 0 radical (unpaired) electrons. The lowest BCUT2D eigenvalue weighted by Gasteiger charge is -2.27. The zero-order valence-corrected chi connectivity index (χ0v) is 17.0. The SMILES string of the molecule is Cc1noc(C)c1-c1cccc2c1C[C@H](NC(=O)c1ccc(OC(F)(F)F)cc1)CC2. The Labute approximate surface area is 177 Å². The van der Waals surface area contributed by atoms with Gasteiger partial charge in [-0.3, -0.25) is 4.79 Å². The maximum atomic E-state index is 12.6. The summed E-state index contributed by atoms with van der Waals surface area (Å²) >= 11 is 0. The Balaban J connectivity index is 1.50. The van der Waals surface area contributed by atoms with E-state index in [-0.39, 0.29) is 23.3 Å². The summed E-state index contributed by atoms with van der Waals surface area (Å²) in [6.07, 6.45) is -2.52. The molecule has 8 heteroatoms. The summed E-state index contributed by atoms with van der Waals surface area (Å²) in [5.74, 6) is 0.0554. The number of nitrogens with zero attached hydrogens (tertiary/aromatic N) is 1. The molecule has 0 bridgehead atoms. The fourth-order valence-corrected chi connectivity index (χ4v) is 4.09. The highest BCUT2D eigenvalue weighted by Crippen LogP contribution is 2.35. The first-order valence-corrected chi connectivity index (χ1v) is 9.92. The molecule has 1 heterocycles. The van der Waals surface area contributed by atoms with Crippen LogP contribution in [0.15, 0.2) is 47.0 Å². The molecule has 0 saturated heterocycles. The van der Waals surface area contributed by atoms with Crippen molar-refractivity contribution in [3.63, 3.8) is 0 Å². The van der Waals surface area contributed by atoms with Gasteiger partial charge < -0.3 is 14.6 Å². The van der Waals surface area contributed by atoms with Crippen molar-refractivity contribution in [2.24, 2.45) is 0 Å². The number of hydrogen-bond acceptors (Lipinski definition) is 4. The van der Waals surface area contributed by atoms with Gasteiger partial charge in [-0.1, -0.05) is 23.4 Å². The molecule has 1 atom stereocenters. The van der Waals surface area contributed by atoms with E-state index in [1.165, 1.54) is 17.7 Å². The first-order chi connectivity index (χ1) is 14.7. The largest absolute Gasteiger partial charge is 0.573 e. The molecule has 5 nitrogen and oxygen atoms in total. The van der Waals surface area contributed by atoms with Gasteiger partial charge >= 0.3 is 6.36 Å². The molecular weight excluding hydrogens is 409 g/mol. The zero-order valence-electron chi connectivity index (χ0n) is 17.0. The lowest BCUT2D eigenvalue weighted by atomic mass is 9.83. The van der Waals surface area contributed by atoms with Gasteiger partial charge in [-0.15, -0.1) is 13.2 Å². The van der Waals surface area contributed by atoms with Gasteiger partial charge in [0, 0.05) is 17.2 Å². The molecule has 0 spiro atoms. The highest BCUT2D eigenvalue weighted by Gasteiger charge is 2.31. The lowest BCUT2D eigenvalue weighted by Crippen LogP contribution is -2.39. The second kappa shape index (κ2) is 8.09. The molecule has 162 valence electrons. The molecule has 0 saturated carbocycles. The van der Waals surface area contributed by atoms with Crippen LogP contribution in [0.4, 0.5) is 13.2 Å². The average molecular weight is 430 g/mol. The van der Waals surface area contributed by atoms with Gasteiger partial charge in [0.25, 0.3) is 5.91 Å². The number of amides is 1. The van der Waals surface area contributed by atoms with Crippen LogP contribution in [-0.4, -0.2) is 23.5 Å². The third-order valence-corrected chi connectivity index (χ3v) is 5.47. The van der Waals surface area contributed by atoms with E-state index in [0.29, 0.717) is 6.42 Å². The van der Waals surface area contributed by atoms with E-state index in [0.717, 1.165) is 53.1 Å². The van der Waals surface area contributed by atoms with Crippen molar-refractivity contribution in [3.8, 4) is 16.9 Å². The highest BCUT2D eigenvalue weighted by atomic mass is 19.4. The van der Waals surface area contributed by atoms with Gasteiger partial charge in [0.2, 0.25) is 0 Å². The Morgan fingerprint density at radius 2 is 1.90 bits per heavy atom. The fourth-order valence-electron chi connectivity index (χ4n) is 4.09. The summed E-state index contributed by atoms with van der Waals surface area (Å²) in [7, 11) is 0. The van der Waals surface area contributed by atoms with Crippen LogP contribution in [0.3, 0.4) is 0 Å². The summed E-state index contributed by atoms with van der Waals surface area (Å²) < 4.78 is 46.1. The molecule has 1 aliphatic rings. The van der Waals surface area contributed by atoms with Gasteiger partial charge in [-0.05, 0) is 74.1 Å². The lowest BCUT2D eigenvalue weighted by molar-refractivity contribution is -0.274. The number of aryl methyl sites for hydroxylation is 3. The summed E-state index contributed by atoms with van der Waals surface area (Å²) in [4.78, 5) is 12.6. The molecule has 2 aromatic carbocycles. The summed E-state index contributed by atoms with van der Waals surface area (Å²) in [5, 5.41) is 7.06. The van der Waals surface area contributed by atoms with E-state index < -0.39 is 6.36 Å². The van der Waals surface area contributed by atoms with Crippen molar-refractivity contribution >= 4 is 5.91 Å². The predicted molar refractivity (Wildman–Crippen MR) is 108 cm³/mol. The maximum Gasteiger partial charge on any atom is 0.573 e. The normalized spacial score (nSPS) is 16.0. The molecule has 31 heavy (non-hydrogen) atoms. The van der Waals surface area contributed by atoms with Crippen LogP contribution in [0, 0.1) is 13.8 Å². The number of alkyl halides is 3. The first kappa shape index (κ1) is 21.0. The van der Waals surface area contributed by atoms with Gasteiger partial charge in [-0.25, -0.2) is 0 Å². The third kappa shape index (κ3) is 4.57. The van der Waals surface area contributed by atoms with Crippen molar-refractivity contribution in [2.45, 2.75) is 45.5 Å². The van der Waals surface area contributed by atoms with Crippen LogP contribution >= 0.6 is 0 Å².